The molecule has 0 bridgehead atoms. The van der Waals surface area contributed by atoms with E-state index in [9.17, 15) is 8.78 Å². The van der Waals surface area contributed by atoms with Crippen molar-refractivity contribution in [2.45, 2.75) is 26.3 Å². The Kier molecular flexibility index (Phi) is 3.45. The van der Waals surface area contributed by atoms with Gasteiger partial charge < -0.3 is 5.32 Å². The Labute approximate surface area is 103 Å². The second kappa shape index (κ2) is 4.70. The van der Waals surface area contributed by atoms with Crippen LogP contribution < -0.4 is 5.32 Å². The molecular formula is C13H15F2NS. The van der Waals surface area contributed by atoms with E-state index < -0.39 is 11.6 Å². The third-order valence-corrected chi connectivity index (χ3v) is 3.97. The number of thiophene rings is 1. The number of hydrogen-bond donors (Lipinski definition) is 1. The average molecular weight is 255 g/mol. The van der Waals surface area contributed by atoms with E-state index in [4.69, 9.17) is 0 Å². The minimum Gasteiger partial charge on any atom is -0.315 e. The number of fused-ring (bicyclic) bond motifs is 1. The van der Waals surface area contributed by atoms with Crippen molar-refractivity contribution < 1.29 is 8.78 Å². The zero-order valence-corrected chi connectivity index (χ0v) is 10.9. The van der Waals surface area contributed by atoms with Crippen LogP contribution in [-0.4, -0.2) is 7.05 Å². The summed E-state index contributed by atoms with van der Waals surface area (Å²) in [6.45, 7) is 4.78. The van der Waals surface area contributed by atoms with Crippen LogP contribution in [0.15, 0.2) is 12.1 Å². The zero-order valence-electron chi connectivity index (χ0n) is 10.1. The summed E-state index contributed by atoms with van der Waals surface area (Å²) in [5.74, 6) is -0.715. The van der Waals surface area contributed by atoms with E-state index in [2.05, 4.69) is 5.32 Å². The Morgan fingerprint density at radius 2 is 2.00 bits per heavy atom. The van der Waals surface area contributed by atoms with Crippen molar-refractivity contribution in [3.05, 3.63) is 34.2 Å². The van der Waals surface area contributed by atoms with Crippen LogP contribution in [0, 0.1) is 11.6 Å². The summed E-state index contributed by atoms with van der Waals surface area (Å²) in [4.78, 5) is 1.09. The number of hydrogen-bond acceptors (Lipinski definition) is 2. The Balaban J connectivity index is 2.75. The molecule has 1 nitrogen and oxygen atoms in total. The molecule has 0 aliphatic rings. The molecule has 0 aliphatic heterocycles. The number of benzene rings is 1. The molecule has 92 valence electrons. The van der Waals surface area contributed by atoms with Crippen molar-refractivity contribution in [2.24, 2.45) is 0 Å². The molecule has 0 spiro atoms. The lowest BCUT2D eigenvalue weighted by molar-refractivity contribution is 0.593. The summed E-state index contributed by atoms with van der Waals surface area (Å²) < 4.78 is 27.5. The fourth-order valence-corrected chi connectivity index (χ4v) is 3.47. The third-order valence-electron chi connectivity index (χ3n) is 2.74. The first kappa shape index (κ1) is 12.5. The first-order chi connectivity index (χ1) is 8.04. The first-order valence-corrected chi connectivity index (χ1v) is 6.41. The van der Waals surface area contributed by atoms with Crippen molar-refractivity contribution in [3.63, 3.8) is 0 Å². The second-order valence-electron chi connectivity index (χ2n) is 4.39. The highest BCUT2D eigenvalue weighted by atomic mass is 32.1. The predicted molar refractivity (Wildman–Crippen MR) is 68.6 cm³/mol. The highest BCUT2D eigenvalue weighted by Crippen LogP contribution is 2.37. The fraction of sp³-hybridized carbons (Fsp3) is 0.385. The molecule has 0 amide bonds. The maximum absolute atomic E-state index is 13.7. The summed E-state index contributed by atoms with van der Waals surface area (Å²) in [5.41, 5.74) is 1.05. The van der Waals surface area contributed by atoms with Gasteiger partial charge in [0.25, 0.3) is 0 Å². The van der Waals surface area contributed by atoms with Gasteiger partial charge in [0.15, 0.2) is 0 Å². The van der Waals surface area contributed by atoms with Crippen LogP contribution in [0.2, 0.25) is 0 Å². The van der Waals surface area contributed by atoms with E-state index in [1.165, 1.54) is 17.4 Å². The van der Waals surface area contributed by atoms with Gasteiger partial charge in [-0.05, 0) is 24.6 Å². The maximum atomic E-state index is 13.7. The van der Waals surface area contributed by atoms with Crippen LogP contribution in [0.25, 0.3) is 10.1 Å². The minimum absolute atomic E-state index is 0.258. The van der Waals surface area contributed by atoms with Crippen molar-refractivity contribution in [3.8, 4) is 0 Å². The Morgan fingerprint density at radius 1 is 1.29 bits per heavy atom. The number of halogens is 2. The van der Waals surface area contributed by atoms with Gasteiger partial charge in [0.2, 0.25) is 0 Å². The molecule has 1 heterocycles. The SMILES string of the molecule is CNCc1sc2c(F)cc(F)cc2c1C(C)C. The molecule has 0 unspecified atom stereocenters. The monoisotopic (exact) mass is 255 g/mol. The predicted octanol–water partition coefficient (Wildman–Crippen LogP) is 4.02. The standard InChI is InChI=1S/C13H15F2NS/c1-7(2)12-9-4-8(14)5-10(15)13(9)17-11(12)6-16-3/h4-5,7,16H,6H2,1-3H3. The van der Waals surface area contributed by atoms with Gasteiger partial charge in [0, 0.05) is 22.9 Å². The van der Waals surface area contributed by atoms with Gasteiger partial charge in [0.1, 0.15) is 11.6 Å². The van der Waals surface area contributed by atoms with Gasteiger partial charge in [-0.25, -0.2) is 8.78 Å². The summed E-state index contributed by atoms with van der Waals surface area (Å²) >= 11 is 1.41. The van der Waals surface area contributed by atoms with Gasteiger partial charge >= 0.3 is 0 Å². The molecule has 4 heteroatoms. The topological polar surface area (TPSA) is 12.0 Å². The molecule has 1 N–H and O–H groups in total. The zero-order chi connectivity index (χ0) is 12.6. The third kappa shape index (κ3) is 2.19. The summed E-state index contributed by atoms with van der Waals surface area (Å²) in [5, 5.41) is 3.78. The van der Waals surface area contributed by atoms with E-state index in [-0.39, 0.29) is 5.92 Å². The lowest BCUT2D eigenvalue weighted by Crippen LogP contribution is -2.05. The van der Waals surface area contributed by atoms with Crippen LogP contribution in [-0.2, 0) is 6.54 Å². The van der Waals surface area contributed by atoms with Gasteiger partial charge in [-0.15, -0.1) is 11.3 Å². The molecule has 0 saturated carbocycles. The largest absolute Gasteiger partial charge is 0.315 e. The van der Waals surface area contributed by atoms with Crippen LogP contribution in [0.3, 0.4) is 0 Å². The quantitative estimate of drug-likeness (QED) is 0.873. The lowest BCUT2D eigenvalue weighted by Gasteiger charge is -2.07. The van der Waals surface area contributed by atoms with E-state index >= 15 is 0 Å². The van der Waals surface area contributed by atoms with E-state index in [1.54, 1.807) is 0 Å². The summed E-state index contributed by atoms with van der Waals surface area (Å²) in [6, 6.07) is 2.38. The maximum Gasteiger partial charge on any atom is 0.143 e. The number of rotatable bonds is 3. The Hall–Kier alpha value is -1.00. The van der Waals surface area contributed by atoms with Crippen molar-refractivity contribution in [1.82, 2.24) is 5.32 Å². The molecular weight excluding hydrogens is 240 g/mol. The molecule has 17 heavy (non-hydrogen) atoms. The molecule has 0 fully saturated rings. The van der Waals surface area contributed by atoms with E-state index in [0.717, 1.165) is 16.5 Å². The summed E-state index contributed by atoms with van der Waals surface area (Å²) in [6.07, 6.45) is 0. The van der Waals surface area contributed by atoms with Crippen LogP contribution in [0.4, 0.5) is 8.78 Å². The Bertz CT molecular complexity index is 546. The normalized spacial score (nSPS) is 11.6. The molecule has 0 radical (unpaired) electrons. The van der Waals surface area contributed by atoms with Gasteiger partial charge in [-0.3, -0.25) is 0 Å². The highest BCUT2D eigenvalue weighted by Gasteiger charge is 2.17. The molecule has 1 aromatic carbocycles. The molecule has 0 aliphatic carbocycles. The van der Waals surface area contributed by atoms with E-state index in [0.29, 0.717) is 16.6 Å². The first-order valence-electron chi connectivity index (χ1n) is 5.59. The van der Waals surface area contributed by atoms with Crippen LogP contribution in [0.5, 0.6) is 0 Å². The van der Waals surface area contributed by atoms with Crippen LogP contribution in [0.1, 0.15) is 30.2 Å². The fourth-order valence-electron chi connectivity index (χ4n) is 2.12. The Morgan fingerprint density at radius 3 is 2.59 bits per heavy atom. The lowest BCUT2D eigenvalue weighted by atomic mass is 9.99. The van der Waals surface area contributed by atoms with Crippen molar-refractivity contribution in [1.29, 1.82) is 0 Å². The van der Waals surface area contributed by atoms with Gasteiger partial charge in [0.05, 0.1) is 4.70 Å². The van der Waals surface area contributed by atoms with Crippen molar-refractivity contribution in [2.75, 3.05) is 7.05 Å². The van der Waals surface area contributed by atoms with Gasteiger partial charge in [-0.2, -0.15) is 0 Å². The molecule has 2 aromatic rings. The number of nitrogens with one attached hydrogen (secondary N) is 1. The molecule has 2 rings (SSSR count). The van der Waals surface area contributed by atoms with Crippen molar-refractivity contribution >= 4 is 21.4 Å². The molecule has 0 saturated heterocycles. The average Bonchev–Trinajstić information content (AvgIpc) is 2.57. The second-order valence-corrected chi connectivity index (χ2v) is 5.49. The van der Waals surface area contributed by atoms with Crippen LogP contribution >= 0.6 is 11.3 Å². The van der Waals surface area contributed by atoms with Gasteiger partial charge in [-0.1, -0.05) is 13.8 Å². The molecule has 1 aromatic heterocycles. The minimum atomic E-state index is -0.509. The molecule has 0 atom stereocenters. The smallest absolute Gasteiger partial charge is 0.143 e. The highest BCUT2D eigenvalue weighted by molar-refractivity contribution is 7.19. The van der Waals surface area contributed by atoms with E-state index in [1.807, 2.05) is 20.9 Å². The summed E-state index contributed by atoms with van der Waals surface area (Å²) in [7, 11) is 1.85.